The standard InChI is InChI=1S/C3H3Cl3O2S2/c4-3(5,6)2(9,10)1(7)8/h9-10H,(H,7,8). The van der Waals surface area contributed by atoms with E-state index in [4.69, 9.17) is 39.9 Å². The summed E-state index contributed by atoms with van der Waals surface area (Å²) in [6, 6.07) is 0. The number of hydrogen-bond acceptors (Lipinski definition) is 3. The molecule has 60 valence electrons. The van der Waals surface area contributed by atoms with Crippen LogP contribution in [-0.2, 0) is 4.79 Å². The Bertz CT molecular complexity index is 152. The van der Waals surface area contributed by atoms with Crippen LogP contribution in [0.3, 0.4) is 0 Å². The molecule has 10 heavy (non-hydrogen) atoms. The molecule has 0 bridgehead atoms. The maximum absolute atomic E-state index is 10.3. The van der Waals surface area contributed by atoms with Crippen molar-refractivity contribution in [3.63, 3.8) is 0 Å². The van der Waals surface area contributed by atoms with Gasteiger partial charge in [0.15, 0.2) is 4.08 Å². The maximum atomic E-state index is 10.3. The molecule has 0 radical (unpaired) electrons. The number of carbonyl (C=O) groups is 1. The van der Waals surface area contributed by atoms with Gasteiger partial charge in [0, 0.05) is 0 Å². The van der Waals surface area contributed by atoms with E-state index < -0.39 is 13.8 Å². The van der Waals surface area contributed by atoms with Gasteiger partial charge in [-0.2, -0.15) is 0 Å². The quantitative estimate of drug-likeness (QED) is 0.373. The van der Waals surface area contributed by atoms with Crippen molar-refractivity contribution >= 4 is 66.0 Å². The largest absolute Gasteiger partial charge is 0.479 e. The van der Waals surface area contributed by atoms with Crippen molar-refractivity contribution in [2.75, 3.05) is 0 Å². The second kappa shape index (κ2) is 3.19. The highest BCUT2D eigenvalue weighted by molar-refractivity contribution is 8.02. The smallest absolute Gasteiger partial charge is 0.334 e. The van der Waals surface area contributed by atoms with Crippen molar-refractivity contribution < 1.29 is 9.90 Å². The molecule has 1 N–H and O–H groups in total. The van der Waals surface area contributed by atoms with Crippen LogP contribution in [-0.4, -0.2) is 18.9 Å². The van der Waals surface area contributed by atoms with Crippen molar-refractivity contribution in [2.24, 2.45) is 0 Å². The summed E-state index contributed by atoms with van der Waals surface area (Å²) in [5, 5.41) is 8.37. The Morgan fingerprint density at radius 2 is 1.60 bits per heavy atom. The minimum Gasteiger partial charge on any atom is -0.479 e. The van der Waals surface area contributed by atoms with Gasteiger partial charge in [0.2, 0.25) is 3.79 Å². The van der Waals surface area contributed by atoms with Crippen LogP contribution in [0.1, 0.15) is 0 Å². The summed E-state index contributed by atoms with van der Waals surface area (Å²) in [6.45, 7) is 0. The normalized spacial score (nSPS) is 13.3. The summed E-state index contributed by atoms with van der Waals surface area (Å²) in [7, 11) is 0. The molecule has 0 aromatic heterocycles. The van der Waals surface area contributed by atoms with E-state index in [0.717, 1.165) is 0 Å². The van der Waals surface area contributed by atoms with Gasteiger partial charge in [-0.3, -0.25) is 0 Å². The molecule has 0 aliphatic heterocycles. The van der Waals surface area contributed by atoms with Crippen LogP contribution in [0, 0.1) is 0 Å². The summed E-state index contributed by atoms with van der Waals surface area (Å²) >= 11 is 22.7. The molecule has 0 rings (SSSR count). The van der Waals surface area contributed by atoms with Gasteiger partial charge in [-0.15, -0.1) is 25.3 Å². The Balaban J connectivity index is 4.57. The fourth-order valence-corrected chi connectivity index (χ4v) is 0.364. The monoisotopic (exact) mass is 240 g/mol. The van der Waals surface area contributed by atoms with Gasteiger partial charge in [-0.1, -0.05) is 34.8 Å². The van der Waals surface area contributed by atoms with Crippen molar-refractivity contribution in [1.29, 1.82) is 0 Å². The average Bonchev–Trinajstić information content (AvgIpc) is 1.62. The molecular formula is C3H3Cl3O2S2. The minimum absolute atomic E-state index is 1.40. The summed E-state index contributed by atoms with van der Waals surface area (Å²) < 4.78 is -4.00. The first-order valence-electron chi connectivity index (χ1n) is 1.94. The van der Waals surface area contributed by atoms with Gasteiger partial charge in [-0.25, -0.2) is 4.79 Å². The number of alkyl halides is 3. The van der Waals surface area contributed by atoms with Gasteiger partial charge < -0.3 is 5.11 Å². The Morgan fingerprint density at radius 1 is 1.30 bits per heavy atom. The van der Waals surface area contributed by atoms with Crippen LogP contribution < -0.4 is 0 Å². The summed E-state index contributed by atoms with van der Waals surface area (Å²) in [6.07, 6.45) is 0. The van der Waals surface area contributed by atoms with Crippen LogP contribution in [0.2, 0.25) is 0 Å². The van der Waals surface area contributed by atoms with Gasteiger partial charge in [0.05, 0.1) is 0 Å². The summed E-state index contributed by atoms with van der Waals surface area (Å²) in [5.74, 6) is -1.40. The molecule has 2 nitrogen and oxygen atoms in total. The zero-order chi connectivity index (χ0) is 8.58. The molecule has 0 aliphatic rings. The number of hydrogen-bond donors (Lipinski definition) is 3. The lowest BCUT2D eigenvalue weighted by molar-refractivity contribution is -0.137. The molecule has 0 saturated heterocycles. The van der Waals surface area contributed by atoms with E-state index in [2.05, 4.69) is 25.3 Å². The fourth-order valence-electron chi connectivity index (χ4n) is 0.121. The topological polar surface area (TPSA) is 37.3 Å². The Kier molecular flexibility index (Phi) is 3.52. The van der Waals surface area contributed by atoms with E-state index in [1.54, 1.807) is 0 Å². The van der Waals surface area contributed by atoms with Crippen LogP contribution in [0.4, 0.5) is 0 Å². The molecule has 0 atom stereocenters. The SMILES string of the molecule is O=C(O)C(S)(S)C(Cl)(Cl)Cl. The first kappa shape index (κ1) is 11.0. The van der Waals surface area contributed by atoms with Crippen molar-refractivity contribution in [1.82, 2.24) is 0 Å². The Labute approximate surface area is 83.6 Å². The number of thiol groups is 2. The van der Waals surface area contributed by atoms with Gasteiger partial charge in [0.25, 0.3) is 0 Å². The van der Waals surface area contributed by atoms with E-state index in [9.17, 15) is 4.79 Å². The van der Waals surface area contributed by atoms with E-state index in [1.165, 1.54) is 0 Å². The summed E-state index contributed by atoms with van der Waals surface area (Å²) in [5.41, 5.74) is 0. The molecule has 0 spiro atoms. The predicted octanol–water partition coefficient (Wildman–Crippen LogP) is 2.00. The van der Waals surface area contributed by atoms with Crippen LogP contribution in [0.5, 0.6) is 0 Å². The van der Waals surface area contributed by atoms with Crippen molar-refractivity contribution in [3.8, 4) is 0 Å². The van der Waals surface area contributed by atoms with Crippen LogP contribution >= 0.6 is 60.1 Å². The number of halogens is 3. The molecule has 0 aliphatic carbocycles. The molecule has 0 fully saturated rings. The third-order valence-electron chi connectivity index (χ3n) is 0.694. The highest BCUT2D eigenvalue weighted by Crippen LogP contribution is 2.45. The van der Waals surface area contributed by atoms with Gasteiger partial charge >= 0.3 is 5.97 Å². The number of rotatable bonds is 1. The highest BCUT2D eigenvalue weighted by atomic mass is 35.6. The summed E-state index contributed by atoms with van der Waals surface area (Å²) in [4.78, 5) is 10.3. The van der Waals surface area contributed by atoms with E-state index in [1.807, 2.05) is 0 Å². The molecule has 7 heteroatoms. The molecular weight excluding hydrogens is 239 g/mol. The average molecular weight is 242 g/mol. The Morgan fingerprint density at radius 3 is 1.60 bits per heavy atom. The van der Waals surface area contributed by atoms with Crippen LogP contribution in [0.15, 0.2) is 0 Å². The molecule has 0 amide bonds. The van der Waals surface area contributed by atoms with Crippen LogP contribution in [0.25, 0.3) is 0 Å². The maximum Gasteiger partial charge on any atom is 0.334 e. The molecule has 0 aromatic rings. The fraction of sp³-hybridized carbons (Fsp3) is 0.667. The lowest BCUT2D eigenvalue weighted by atomic mass is 10.5. The molecule has 0 saturated carbocycles. The van der Waals surface area contributed by atoms with Crippen molar-refractivity contribution in [3.05, 3.63) is 0 Å². The zero-order valence-electron chi connectivity index (χ0n) is 4.38. The Hall–Kier alpha value is 1.04. The van der Waals surface area contributed by atoms with E-state index in [-0.39, 0.29) is 0 Å². The third kappa shape index (κ3) is 2.27. The van der Waals surface area contributed by atoms with E-state index >= 15 is 0 Å². The lowest BCUT2D eigenvalue weighted by Crippen LogP contribution is -2.39. The first-order chi connectivity index (χ1) is 4.19. The second-order valence-corrected chi connectivity index (χ2v) is 5.45. The predicted molar refractivity (Wildman–Crippen MR) is 48.6 cm³/mol. The number of carboxylic acid groups (broad SMARTS) is 1. The van der Waals surface area contributed by atoms with Gasteiger partial charge in [-0.05, 0) is 0 Å². The van der Waals surface area contributed by atoms with Gasteiger partial charge in [0.1, 0.15) is 0 Å². The van der Waals surface area contributed by atoms with Crippen molar-refractivity contribution in [2.45, 2.75) is 7.87 Å². The molecule has 0 unspecified atom stereocenters. The first-order valence-corrected chi connectivity index (χ1v) is 3.97. The highest BCUT2D eigenvalue weighted by Gasteiger charge is 2.49. The molecule has 0 aromatic carbocycles. The minimum atomic E-state index is -2.04. The second-order valence-electron chi connectivity index (χ2n) is 1.48. The zero-order valence-corrected chi connectivity index (χ0v) is 8.44. The lowest BCUT2D eigenvalue weighted by Gasteiger charge is -2.24. The number of carboxylic acids is 1. The number of aliphatic carboxylic acids is 1. The third-order valence-corrected chi connectivity index (χ3v) is 3.39. The van der Waals surface area contributed by atoms with E-state index in [0.29, 0.717) is 0 Å². The molecule has 0 heterocycles.